The first-order chi connectivity index (χ1) is 15.6. The maximum absolute atomic E-state index is 14.0. The summed E-state index contributed by atoms with van der Waals surface area (Å²) >= 11 is 14.1. The number of hydrogen-bond donors (Lipinski definition) is 1. The van der Waals surface area contributed by atoms with Gasteiger partial charge in [0, 0.05) is 29.1 Å². The molecule has 1 aromatic carbocycles. The van der Waals surface area contributed by atoms with E-state index in [0.717, 1.165) is 27.5 Å². The molecule has 1 aromatic heterocycles. The van der Waals surface area contributed by atoms with E-state index in [-0.39, 0.29) is 17.7 Å². The summed E-state index contributed by atoms with van der Waals surface area (Å²) in [6.07, 6.45) is -0.629. The van der Waals surface area contributed by atoms with Crippen LogP contribution in [0.4, 0.5) is 18.9 Å². The summed E-state index contributed by atoms with van der Waals surface area (Å²) in [7, 11) is 1.22. The number of carbonyl (C=O) groups is 1. The number of nitrogens with one attached hydrogen (secondary N) is 1. The minimum absolute atomic E-state index is 0.0375. The van der Waals surface area contributed by atoms with Crippen molar-refractivity contribution in [3.63, 3.8) is 0 Å². The van der Waals surface area contributed by atoms with Crippen LogP contribution in [0, 0.1) is 5.92 Å². The Morgan fingerprint density at radius 2 is 1.94 bits per heavy atom. The molecule has 0 saturated carbocycles. The summed E-state index contributed by atoms with van der Waals surface area (Å²) in [5.74, 6) is 0.747. The Morgan fingerprint density at radius 1 is 1.21 bits per heavy atom. The van der Waals surface area contributed by atoms with E-state index >= 15 is 0 Å². The minimum atomic E-state index is -4.63. The lowest BCUT2D eigenvalue weighted by Gasteiger charge is -2.33. The number of thioether (sulfide) groups is 1. The van der Waals surface area contributed by atoms with Crippen LogP contribution in [0.25, 0.3) is 0 Å². The maximum atomic E-state index is 14.0. The molecule has 0 bridgehead atoms. The average Bonchev–Trinajstić information content (AvgIpc) is 3.17. The first-order valence-corrected chi connectivity index (χ1v) is 12.6. The number of carbonyl (C=O) groups excluding carboxylic acids is 1. The van der Waals surface area contributed by atoms with Crippen molar-refractivity contribution in [3.8, 4) is 0 Å². The van der Waals surface area contributed by atoms with E-state index in [1.807, 2.05) is 6.07 Å². The van der Waals surface area contributed by atoms with Gasteiger partial charge < -0.3 is 10.2 Å². The number of benzene rings is 1. The van der Waals surface area contributed by atoms with E-state index in [0.29, 0.717) is 41.4 Å². The van der Waals surface area contributed by atoms with Crippen LogP contribution < -0.4 is 5.32 Å². The molecule has 1 N–H and O–H groups in total. The van der Waals surface area contributed by atoms with Gasteiger partial charge in [0.05, 0.1) is 17.6 Å². The summed E-state index contributed by atoms with van der Waals surface area (Å²) in [6.45, 7) is 0. The Hall–Kier alpha value is -1.64. The van der Waals surface area contributed by atoms with Crippen molar-refractivity contribution in [2.45, 2.75) is 43.9 Å². The highest BCUT2D eigenvalue weighted by Gasteiger charge is 2.47. The topological polar surface area (TPSA) is 45.2 Å². The second-order valence-electron chi connectivity index (χ2n) is 8.53. The highest BCUT2D eigenvalue weighted by molar-refractivity contribution is 7.99. The fourth-order valence-electron chi connectivity index (χ4n) is 4.59. The molecule has 10 heteroatoms. The van der Waals surface area contributed by atoms with Gasteiger partial charge in [-0.05, 0) is 72.6 Å². The number of fused-ring (bicyclic) bond motifs is 1. The zero-order valence-corrected chi connectivity index (χ0v) is 20.3. The zero-order valence-electron chi connectivity index (χ0n) is 18.0. The molecule has 2 atom stereocenters. The molecular formula is C23H24Cl2F3N3OS. The van der Waals surface area contributed by atoms with Crippen LogP contribution in [0.5, 0.6) is 0 Å². The standard InChI is InChI=1S/C23H24Cl2F3N3OS/c1-31(22(32)13-4-6-33-7-5-13)21(23(26,27)28)20-3-2-16(12-29-20)30-17-9-14-8-15(24)10-19(25)18(14)11-17/h2-3,8,10,12-13,17,21,30H,4-7,9,11H2,1H3/t17?,21-/m0/s1. The number of amides is 1. The summed E-state index contributed by atoms with van der Waals surface area (Å²) < 4.78 is 41.9. The summed E-state index contributed by atoms with van der Waals surface area (Å²) in [5.41, 5.74) is 2.51. The molecular weight excluding hydrogens is 494 g/mol. The van der Waals surface area contributed by atoms with Gasteiger partial charge in [-0.15, -0.1) is 0 Å². The largest absolute Gasteiger partial charge is 0.414 e. The van der Waals surface area contributed by atoms with Crippen LogP contribution in [0.1, 0.15) is 35.7 Å². The van der Waals surface area contributed by atoms with Gasteiger partial charge in [-0.1, -0.05) is 23.2 Å². The molecule has 1 unspecified atom stereocenters. The number of nitrogens with zero attached hydrogens (tertiary/aromatic N) is 2. The van der Waals surface area contributed by atoms with E-state index in [9.17, 15) is 18.0 Å². The van der Waals surface area contributed by atoms with E-state index in [1.165, 1.54) is 19.3 Å². The summed E-state index contributed by atoms with van der Waals surface area (Å²) in [4.78, 5) is 17.7. The molecule has 0 spiro atoms. The first-order valence-electron chi connectivity index (χ1n) is 10.7. The molecule has 1 aliphatic carbocycles. The number of pyridine rings is 1. The van der Waals surface area contributed by atoms with Gasteiger partial charge >= 0.3 is 6.18 Å². The normalized spacial score (nSPS) is 19.8. The SMILES string of the molecule is CN(C(=O)C1CCSCC1)[C@@H](c1ccc(NC2Cc3cc(Cl)cc(Cl)c3C2)cn1)C(F)(F)F. The van der Waals surface area contributed by atoms with Gasteiger partial charge in [0.2, 0.25) is 5.91 Å². The van der Waals surface area contributed by atoms with Crippen molar-refractivity contribution in [2.75, 3.05) is 23.9 Å². The fraction of sp³-hybridized carbons (Fsp3) is 0.478. The summed E-state index contributed by atoms with van der Waals surface area (Å²) in [6, 6.07) is 4.47. The van der Waals surface area contributed by atoms with Crippen LogP contribution in [-0.2, 0) is 17.6 Å². The van der Waals surface area contributed by atoms with Crippen molar-refractivity contribution in [1.29, 1.82) is 0 Å². The molecule has 4 nitrogen and oxygen atoms in total. The second kappa shape index (κ2) is 9.92. The fourth-order valence-corrected chi connectivity index (χ4v) is 6.31. The molecule has 2 heterocycles. The number of rotatable bonds is 5. The van der Waals surface area contributed by atoms with Crippen molar-refractivity contribution < 1.29 is 18.0 Å². The lowest BCUT2D eigenvalue weighted by Crippen LogP contribution is -2.43. The van der Waals surface area contributed by atoms with Gasteiger partial charge in [-0.3, -0.25) is 9.78 Å². The zero-order chi connectivity index (χ0) is 23.8. The highest BCUT2D eigenvalue weighted by Crippen LogP contribution is 2.38. The average molecular weight is 518 g/mol. The second-order valence-corrected chi connectivity index (χ2v) is 10.6. The van der Waals surface area contributed by atoms with Crippen LogP contribution in [0.15, 0.2) is 30.5 Å². The number of alkyl halides is 3. The molecule has 0 radical (unpaired) electrons. The predicted molar refractivity (Wildman–Crippen MR) is 127 cm³/mol. The lowest BCUT2D eigenvalue weighted by atomic mass is 9.99. The number of hydrogen-bond acceptors (Lipinski definition) is 4. The number of halogens is 5. The Labute approximate surface area is 205 Å². The van der Waals surface area contributed by atoms with Gasteiger partial charge in [0.15, 0.2) is 6.04 Å². The first kappa shape index (κ1) is 24.5. The van der Waals surface area contributed by atoms with Gasteiger partial charge in [-0.2, -0.15) is 24.9 Å². The third kappa shape index (κ3) is 5.54. The molecule has 33 heavy (non-hydrogen) atoms. The van der Waals surface area contributed by atoms with Crippen LogP contribution in [-0.4, -0.2) is 46.6 Å². The lowest BCUT2D eigenvalue weighted by molar-refractivity contribution is -0.191. The molecule has 1 saturated heterocycles. The van der Waals surface area contributed by atoms with Crippen LogP contribution in [0.3, 0.4) is 0 Å². The minimum Gasteiger partial charge on any atom is -0.380 e. The Kier molecular flexibility index (Phi) is 7.36. The summed E-state index contributed by atoms with van der Waals surface area (Å²) in [5, 5.41) is 4.51. The Bertz CT molecular complexity index is 1010. The Morgan fingerprint density at radius 3 is 2.58 bits per heavy atom. The smallest absolute Gasteiger partial charge is 0.380 e. The van der Waals surface area contributed by atoms with Gasteiger partial charge in [0.1, 0.15) is 0 Å². The molecule has 1 aliphatic heterocycles. The van der Waals surface area contributed by atoms with Crippen molar-refractivity contribution in [2.24, 2.45) is 5.92 Å². The van der Waals surface area contributed by atoms with Crippen molar-refractivity contribution in [3.05, 3.63) is 57.3 Å². The molecule has 2 aliphatic rings. The number of anilines is 1. The van der Waals surface area contributed by atoms with Crippen LogP contribution in [0.2, 0.25) is 10.0 Å². The van der Waals surface area contributed by atoms with E-state index < -0.39 is 18.1 Å². The third-order valence-corrected chi connectivity index (χ3v) is 7.83. The van der Waals surface area contributed by atoms with Gasteiger partial charge in [0.25, 0.3) is 0 Å². The quantitative estimate of drug-likeness (QED) is 0.514. The maximum Gasteiger partial charge on any atom is 0.414 e. The monoisotopic (exact) mass is 517 g/mol. The Balaban J connectivity index is 1.47. The number of aromatic nitrogens is 1. The predicted octanol–water partition coefficient (Wildman–Crippen LogP) is 6.17. The van der Waals surface area contributed by atoms with Crippen molar-refractivity contribution >= 4 is 46.6 Å². The molecule has 1 amide bonds. The van der Waals surface area contributed by atoms with E-state index in [4.69, 9.17) is 23.2 Å². The van der Waals surface area contributed by atoms with E-state index in [2.05, 4.69) is 10.3 Å². The van der Waals surface area contributed by atoms with Gasteiger partial charge in [-0.25, -0.2) is 0 Å². The highest BCUT2D eigenvalue weighted by atomic mass is 35.5. The van der Waals surface area contributed by atoms with Crippen LogP contribution >= 0.6 is 35.0 Å². The molecule has 4 rings (SSSR count). The molecule has 2 aromatic rings. The van der Waals surface area contributed by atoms with Crippen molar-refractivity contribution in [1.82, 2.24) is 9.88 Å². The molecule has 178 valence electrons. The molecule has 1 fully saturated rings. The van der Waals surface area contributed by atoms with E-state index in [1.54, 1.807) is 23.9 Å². The third-order valence-electron chi connectivity index (χ3n) is 6.22.